The molecule has 1 heterocycles. The maximum atomic E-state index is 5.23. The highest BCUT2D eigenvalue weighted by atomic mass is 32.1. The van der Waals surface area contributed by atoms with Crippen molar-refractivity contribution in [3.63, 3.8) is 0 Å². The summed E-state index contributed by atoms with van der Waals surface area (Å²) in [5.41, 5.74) is 5.23. The second-order valence-corrected chi connectivity index (χ2v) is 2.17. The largest absolute Gasteiger partial charge is 0.387 e. The third-order valence-electron chi connectivity index (χ3n) is 0.991. The number of hydrogen-bond acceptors (Lipinski definition) is 4. The first-order valence-electron chi connectivity index (χ1n) is 2.86. The molecular weight excluding hydrogens is 150 g/mol. The summed E-state index contributed by atoms with van der Waals surface area (Å²) in [6.45, 7) is 1.91. The predicted octanol–water partition coefficient (Wildman–Crippen LogP) is 0.266. The molecule has 2 N–H and O–H groups in total. The Kier molecular flexibility index (Phi) is 1.96. The molecule has 0 spiro atoms. The normalized spacial score (nSPS) is 9.70. The van der Waals surface area contributed by atoms with Gasteiger partial charge in [-0.1, -0.05) is 24.3 Å². The second kappa shape index (κ2) is 2.74. The van der Waals surface area contributed by atoms with Gasteiger partial charge in [-0.05, 0) is 0 Å². The lowest BCUT2D eigenvalue weighted by molar-refractivity contribution is 0.380. The van der Waals surface area contributed by atoms with Gasteiger partial charge in [0, 0.05) is 6.42 Å². The molecule has 0 radical (unpaired) electrons. The zero-order valence-electron chi connectivity index (χ0n) is 5.50. The van der Waals surface area contributed by atoms with Crippen molar-refractivity contribution in [3.05, 3.63) is 11.7 Å². The Morgan fingerprint density at radius 3 is 2.80 bits per heavy atom. The van der Waals surface area contributed by atoms with E-state index < -0.39 is 0 Å². The van der Waals surface area contributed by atoms with E-state index in [9.17, 15) is 0 Å². The highest BCUT2D eigenvalue weighted by Crippen LogP contribution is 1.96. The van der Waals surface area contributed by atoms with Crippen LogP contribution in [0.15, 0.2) is 4.52 Å². The summed E-state index contributed by atoms with van der Waals surface area (Å²) < 4.78 is 4.75. The molecule has 0 atom stereocenters. The van der Waals surface area contributed by atoms with E-state index in [4.69, 9.17) is 10.3 Å². The monoisotopic (exact) mass is 157 g/mol. The summed E-state index contributed by atoms with van der Waals surface area (Å²) in [6, 6.07) is 0. The quantitative estimate of drug-likeness (QED) is 0.624. The van der Waals surface area contributed by atoms with Gasteiger partial charge < -0.3 is 10.3 Å². The molecule has 1 aromatic rings. The fourth-order valence-corrected chi connectivity index (χ4v) is 0.581. The number of thiocarbonyl (C=S) groups is 1. The molecule has 0 aliphatic heterocycles. The van der Waals surface area contributed by atoms with E-state index in [1.54, 1.807) is 0 Å². The summed E-state index contributed by atoms with van der Waals surface area (Å²) in [4.78, 5) is 4.05. The molecule has 0 aromatic carbocycles. The maximum Gasteiger partial charge on any atom is 0.229 e. The predicted molar refractivity (Wildman–Crippen MR) is 39.6 cm³/mol. The van der Waals surface area contributed by atoms with Crippen molar-refractivity contribution in [2.24, 2.45) is 5.73 Å². The SMILES string of the molecule is CCc1nc(C(N)=S)no1. The van der Waals surface area contributed by atoms with Crippen molar-refractivity contribution in [1.29, 1.82) is 0 Å². The van der Waals surface area contributed by atoms with Crippen LogP contribution in [-0.2, 0) is 6.42 Å². The fraction of sp³-hybridized carbons (Fsp3) is 0.400. The number of nitrogens with two attached hydrogens (primary N) is 1. The highest BCUT2D eigenvalue weighted by Gasteiger charge is 2.04. The number of aromatic nitrogens is 2. The average Bonchev–Trinajstić information content (AvgIpc) is 2.34. The van der Waals surface area contributed by atoms with E-state index in [1.165, 1.54) is 0 Å². The number of nitrogens with zero attached hydrogens (tertiary/aromatic N) is 2. The van der Waals surface area contributed by atoms with Crippen LogP contribution in [0, 0.1) is 0 Å². The molecule has 0 aliphatic rings. The van der Waals surface area contributed by atoms with Gasteiger partial charge in [-0.25, -0.2) is 0 Å². The lowest BCUT2D eigenvalue weighted by Crippen LogP contribution is -2.11. The Morgan fingerprint density at radius 2 is 2.50 bits per heavy atom. The summed E-state index contributed by atoms with van der Waals surface area (Å²) in [5, 5.41) is 3.53. The molecule has 1 rings (SSSR count). The van der Waals surface area contributed by atoms with Crippen molar-refractivity contribution in [2.75, 3.05) is 0 Å². The van der Waals surface area contributed by atoms with Gasteiger partial charge in [0.25, 0.3) is 0 Å². The smallest absolute Gasteiger partial charge is 0.229 e. The molecule has 54 valence electrons. The third kappa shape index (κ3) is 1.30. The van der Waals surface area contributed by atoms with Crippen LogP contribution in [0.4, 0.5) is 0 Å². The molecule has 0 fully saturated rings. The summed E-state index contributed by atoms with van der Waals surface area (Å²) in [7, 11) is 0. The van der Waals surface area contributed by atoms with Gasteiger partial charge in [-0.2, -0.15) is 4.98 Å². The molecule has 0 saturated heterocycles. The Morgan fingerprint density at radius 1 is 1.80 bits per heavy atom. The van der Waals surface area contributed by atoms with E-state index in [-0.39, 0.29) is 4.99 Å². The van der Waals surface area contributed by atoms with Crippen LogP contribution < -0.4 is 5.73 Å². The van der Waals surface area contributed by atoms with Crippen LogP contribution in [0.3, 0.4) is 0 Å². The minimum atomic E-state index is 0.170. The molecule has 10 heavy (non-hydrogen) atoms. The molecular formula is C5H7N3OS. The third-order valence-corrected chi connectivity index (χ3v) is 1.17. The highest BCUT2D eigenvalue weighted by molar-refractivity contribution is 7.80. The topological polar surface area (TPSA) is 64.9 Å². The lowest BCUT2D eigenvalue weighted by Gasteiger charge is -1.81. The fourth-order valence-electron chi connectivity index (χ4n) is 0.499. The molecule has 5 heteroatoms. The Hall–Kier alpha value is -0.970. The first-order chi connectivity index (χ1) is 4.74. The second-order valence-electron chi connectivity index (χ2n) is 1.73. The zero-order valence-corrected chi connectivity index (χ0v) is 6.31. The Balaban J connectivity index is 2.88. The van der Waals surface area contributed by atoms with E-state index in [0.29, 0.717) is 18.1 Å². The van der Waals surface area contributed by atoms with Crippen LogP contribution in [0.2, 0.25) is 0 Å². The number of rotatable bonds is 2. The first kappa shape index (κ1) is 7.14. The van der Waals surface area contributed by atoms with Gasteiger partial charge in [-0.15, -0.1) is 0 Å². The standard InChI is InChI=1S/C5H7N3OS/c1-2-3-7-5(4(6)10)8-9-3/h2H2,1H3,(H2,6,10). The lowest BCUT2D eigenvalue weighted by atomic mass is 10.5. The van der Waals surface area contributed by atoms with Gasteiger partial charge in [0.15, 0.2) is 0 Å². The summed E-state index contributed by atoms with van der Waals surface area (Å²) in [6.07, 6.45) is 0.704. The van der Waals surface area contributed by atoms with E-state index in [2.05, 4.69) is 22.4 Å². The molecule has 0 unspecified atom stereocenters. The molecule has 0 bridgehead atoms. The van der Waals surface area contributed by atoms with Crippen molar-refractivity contribution >= 4 is 17.2 Å². The molecule has 0 saturated carbocycles. The summed E-state index contributed by atoms with van der Waals surface area (Å²) >= 11 is 4.62. The van der Waals surface area contributed by atoms with Gasteiger partial charge >= 0.3 is 0 Å². The number of hydrogen-bond donors (Lipinski definition) is 1. The minimum absolute atomic E-state index is 0.170. The van der Waals surface area contributed by atoms with Gasteiger partial charge in [0.2, 0.25) is 11.7 Å². The Bertz CT molecular complexity index is 245. The van der Waals surface area contributed by atoms with Gasteiger partial charge in [-0.3, -0.25) is 0 Å². The van der Waals surface area contributed by atoms with Crippen LogP contribution in [-0.4, -0.2) is 15.1 Å². The van der Waals surface area contributed by atoms with Crippen molar-refractivity contribution in [3.8, 4) is 0 Å². The van der Waals surface area contributed by atoms with Crippen LogP contribution in [0.5, 0.6) is 0 Å². The van der Waals surface area contributed by atoms with Crippen molar-refractivity contribution in [2.45, 2.75) is 13.3 Å². The minimum Gasteiger partial charge on any atom is -0.387 e. The average molecular weight is 157 g/mol. The van der Waals surface area contributed by atoms with E-state index in [1.807, 2.05) is 6.92 Å². The zero-order chi connectivity index (χ0) is 7.56. The van der Waals surface area contributed by atoms with Crippen LogP contribution in [0.25, 0.3) is 0 Å². The Labute approximate surface area is 63.4 Å². The molecule has 1 aromatic heterocycles. The maximum absolute atomic E-state index is 5.23. The molecule has 4 nitrogen and oxygen atoms in total. The van der Waals surface area contributed by atoms with E-state index in [0.717, 1.165) is 0 Å². The van der Waals surface area contributed by atoms with Gasteiger partial charge in [0.05, 0.1) is 0 Å². The van der Waals surface area contributed by atoms with Crippen LogP contribution >= 0.6 is 12.2 Å². The molecule has 0 aliphatic carbocycles. The van der Waals surface area contributed by atoms with Gasteiger partial charge in [0.1, 0.15) is 4.99 Å². The van der Waals surface area contributed by atoms with E-state index >= 15 is 0 Å². The van der Waals surface area contributed by atoms with Crippen molar-refractivity contribution < 1.29 is 4.52 Å². The summed E-state index contributed by atoms with van der Waals surface area (Å²) in [5.74, 6) is 0.870. The number of aryl methyl sites for hydroxylation is 1. The van der Waals surface area contributed by atoms with Crippen LogP contribution in [0.1, 0.15) is 18.6 Å². The first-order valence-corrected chi connectivity index (χ1v) is 3.27. The molecule has 0 amide bonds. The van der Waals surface area contributed by atoms with Crippen molar-refractivity contribution in [1.82, 2.24) is 10.1 Å².